The van der Waals surface area contributed by atoms with E-state index >= 15 is 0 Å². The summed E-state index contributed by atoms with van der Waals surface area (Å²) in [5.74, 6) is 0.697. The van der Waals surface area contributed by atoms with E-state index in [0.717, 1.165) is 16.9 Å². The lowest BCUT2D eigenvalue weighted by Gasteiger charge is -2.31. The number of likely N-dealkylation sites (tertiary alicyclic amines) is 1. The smallest absolute Gasteiger partial charge is 0.410 e. The molecular weight excluding hydrogens is 305 g/mol. The number of nitrogens with zero attached hydrogens (tertiary/aromatic N) is 1. The van der Waals surface area contributed by atoms with Crippen molar-refractivity contribution < 1.29 is 9.53 Å². The molecule has 2 aliphatic rings. The summed E-state index contributed by atoms with van der Waals surface area (Å²) < 4.78 is 6.15. The molecule has 2 bridgehead atoms. The number of hydrogen-bond acceptors (Lipinski definition) is 2. The summed E-state index contributed by atoms with van der Waals surface area (Å²) in [6, 6.07) is 0.437. The number of piperidine rings is 1. The molecule has 0 unspecified atom stereocenters. The van der Waals surface area contributed by atoms with Gasteiger partial charge in [0.05, 0.1) is 0 Å². The number of carbonyl (C=O) groups excluding carboxylic acids is 1. The maximum atomic E-state index is 11.9. The molecule has 3 nitrogen and oxygen atoms in total. The van der Waals surface area contributed by atoms with E-state index in [-0.39, 0.29) is 11.7 Å². The topological polar surface area (TPSA) is 29.5 Å². The Bertz CT molecular complexity index is 272. The molecule has 1 amide bonds. The second kappa shape index (κ2) is 3.79. The zero-order valence-corrected chi connectivity index (χ0v) is 11.7. The average molecular weight is 323 g/mol. The van der Waals surface area contributed by atoms with Crippen LogP contribution in [-0.2, 0) is 4.74 Å². The number of alkyl halides is 1. The van der Waals surface area contributed by atoms with E-state index in [0.29, 0.717) is 12.0 Å². The zero-order chi connectivity index (χ0) is 11.2. The van der Waals surface area contributed by atoms with Crippen molar-refractivity contribution in [3.63, 3.8) is 0 Å². The van der Waals surface area contributed by atoms with Crippen molar-refractivity contribution in [3.8, 4) is 0 Å². The third kappa shape index (κ3) is 2.40. The molecule has 1 saturated carbocycles. The Morgan fingerprint density at radius 1 is 1.40 bits per heavy atom. The fourth-order valence-corrected chi connectivity index (χ4v) is 3.54. The van der Waals surface area contributed by atoms with E-state index in [4.69, 9.17) is 4.74 Å². The zero-order valence-electron chi connectivity index (χ0n) is 9.50. The van der Waals surface area contributed by atoms with Crippen LogP contribution in [-0.4, -0.2) is 33.1 Å². The number of ether oxygens (including phenoxy) is 1. The second-order valence-corrected chi connectivity index (χ2v) is 7.13. The molecule has 2 fully saturated rings. The van der Waals surface area contributed by atoms with E-state index in [9.17, 15) is 4.79 Å². The highest BCUT2D eigenvalue weighted by molar-refractivity contribution is 14.1. The predicted molar refractivity (Wildman–Crippen MR) is 67.3 cm³/mol. The molecule has 86 valence electrons. The maximum absolute atomic E-state index is 11.9. The molecule has 15 heavy (non-hydrogen) atoms. The van der Waals surface area contributed by atoms with Crippen LogP contribution >= 0.6 is 22.6 Å². The van der Waals surface area contributed by atoms with Crippen molar-refractivity contribution in [2.75, 3.05) is 6.54 Å². The summed E-state index contributed by atoms with van der Waals surface area (Å²) >= 11 is 2.51. The largest absolute Gasteiger partial charge is 0.444 e. The Morgan fingerprint density at radius 2 is 2.07 bits per heavy atom. The number of amides is 1. The van der Waals surface area contributed by atoms with Crippen molar-refractivity contribution in [2.45, 2.75) is 49.2 Å². The molecule has 1 saturated heterocycles. The molecule has 1 aliphatic heterocycles. The van der Waals surface area contributed by atoms with Gasteiger partial charge in [0.25, 0.3) is 0 Å². The van der Waals surface area contributed by atoms with Gasteiger partial charge in [0.15, 0.2) is 0 Å². The van der Waals surface area contributed by atoms with Crippen LogP contribution in [0.4, 0.5) is 4.79 Å². The van der Waals surface area contributed by atoms with Gasteiger partial charge in [0, 0.05) is 16.5 Å². The molecule has 0 spiro atoms. The standard InChI is InChI=1S/C11H18INO2/c1-11(2,3)15-10(14)13-6-7-4-8(13)5-9(7)12/h7-9H,4-6H2,1-3H3/t7-,8-,9+/m0/s1. The third-order valence-electron chi connectivity index (χ3n) is 3.08. The molecule has 1 aliphatic carbocycles. The van der Waals surface area contributed by atoms with E-state index in [1.807, 2.05) is 25.7 Å². The van der Waals surface area contributed by atoms with Gasteiger partial charge in [-0.2, -0.15) is 0 Å². The number of carbonyl (C=O) groups is 1. The highest BCUT2D eigenvalue weighted by Crippen LogP contribution is 2.42. The summed E-state index contributed by atoms with van der Waals surface area (Å²) in [6.45, 7) is 6.65. The Morgan fingerprint density at radius 3 is 2.47 bits per heavy atom. The molecule has 0 radical (unpaired) electrons. The van der Waals surface area contributed by atoms with Crippen LogP contribution in [0.1, 0.15) is 33.6 Å². The van der Waals surface area contributed by atoms with Crippen molar-refractivity contribution in [1.29, 1.82) is 0 Å². The molecule has 0 aromatic heterocycles. The Kier molecular flexibility index (Phi) is 2.90. The summed E-state index contributed by atoms with van der Waals surface area (Å²) in [5.41, 5.74) is -0.372. The number of halogens is 1. The molecule has 0 aromatic carbocycles. The molecule has 1 heterocycles. The fraction of sp³-hybridized carbons (Fsp3) is 0.909. The first kappa shape index (κ1) is 11.5. The van der Waals surface area contributed by atoms with Crippen LogP contribution in [0.2, 0.25) is 0 Å². The summed E-state index contributed by atoms with van der Waals surface area (Å²) in [6.07, 6.45) is 2.19. The lowest BCUT2D eigenvalue weighted by molar-refractivity contribution is 0.0196. The molecule has 4 heteroatoms. The van der Waals surface area contributed by atoms with Crippen LogP contribution < -0.4 is 0 Å². The van der Waals surface area contributed by atoms with Gasteiger partial charge in [-0.25, -0.2) is 4.79 Å². The van der Waals surface area contributed by atoms with Crippen LogP contribution in [0, 0.1) is 5.92 Å². The first-order valence-electron chi connectivity index (χ1n) is 5.50. The van der Waals surface area contributed by atoms with Crippen molar-refractivity contribution in [3.05, 3.63) is 0 Å². The van der Waals surface area contributed by atoms with Gasteiger partial charge in [0.2, 0.25) is 0 Å². The normalized spacial score (nSPS) is 34.7. The van der Waals surface area contributed by atoms with Crippen molar-refractivity contribution in [2.24, 2.45) is 5.92 Å². The summed E-state index contributed by atoms with van der Waals surface area (Å²) in [7, 11) is 0. The van der Waals surface area contributed by atoms with Crippen LogP contribution in [0.5, 0.6) is 0 Å². The van der Waals surface area contributed by atoms with Crippen LogP contribution in [0.15, 0.2) is 0 Å². The number of fused-ring (bicyclic) bond motifs is 2. The third-order valence-corrected chi connectivity index (χ3v) is 4.61. The Labute approximate surface area is 105 Å². The van der Waals surface area contributed by atoms with Gasteiger partial charge < -0.3 is 9.64 Å². The van der Waals surface area contributed by atoms with Gasteiger partial charge in [0.1, 0.15) is 5.60 Å². The van der Waals surface area contributed by atoms with Crippen molar-refractivity contribution >= 4 is 28.7 Å². The minimum atomic E-state index is -0.372. The lowest BCUT2D eigenvalue weighted by Crippen LogP contribution is -2.43. The first-order chi connectivity index (χ1) is 6.87. The van der Waals surface area contributed by atoms with Gasteiger partial charge in [-0.3, -0.25) is 0 Å². The van der Waals surface area contributed by atoms with E-state index in [1.165, 1.54) is 6.42 Å². The summed E-state index contributed by atoms with van der Waals surface area (Å²) in [5, 5.41) is 0. The Balaban J connectivity index is 1.94. The van der Waals surface area contributed by atoms with Gasteiger partial charge in [-0.05, 0) is 39.5 Å². The van der Waals surface area contributed by atoms with Gasteiger partial charge >= 0.3 is 6.09 Å². The highest BCUT2D eigenvalue weighted by atomic mass is 127. The number of rotatable bonds is 0. The van der Waals surface area contributed by atoms with E-state index < -0.39 is 0 Å². The van der Waals surface area contributed by atoms with E-state index in [2.05, 4.69) is 22.6 Å². The van der Waals surface area contributed by atoms with Crippen LogP contribution in [0.3, 0.4) is 0 Å². The van der Waals surface area contributed by atoms with Gasteiger partial charge in [-0.1, -0.05) is 22.6 Å². The minimum absolute atomic E-state index is 0.127. The van der Waals surface area contributed by atoms with Crippen molar-refractivity contribution in [1.82, 2.24) is 4.90 Å². The molecule has 0 N–H and O–H groups in total. The Hall–Kier alpha value is 0. The quantitative estimate of drug-likeness (QED) is 0.507. The average Bonchev–Trinajstić information content (AvgIpc) is 2.58. The van der Waals surface area contributed by atoms with E-state index in [1.54, 1.807) is 0 Å². The molecule has 2 rings (SSSR count). The second-order valence-electron chi connectivity index (χ2n) is 5.53. The first-order valence-corrected chi connectivity index (χ1v) is 6.75. The fourth-order valence-electron chi connectivity index (χ4n) is 2.43. The SMILES string of the molecule is CC(C)(C)OC(=O)N1C[C@@H]2C[C@H]1C[C@H]2I. The molecule has 0 aromatic rings. The number of hydrogen-bond donors (Lipinski definition) is 0. The molecular formula is C11H18INO2. The monoisotopic (exact) mass is 323 g/mol. The highest BCUT2D eigenvalue weighted by Gasteiger charge is 2.46. The van der Waals surface area contributed by atoms with Gasteiger partial charge in [-0.15, -0.1) is 0 Å². The minimum Gasteiger partial charge on any atom is -0.444 e. The lowest BCUT2D eigenvalue weighted by atomic mass is 10.1. The van der Waals surface area contributed by atoms with Crippen LogP contribution in [0.25, 0.3) is 0 Å². The predicted octanol–water partition coefficient (Wildman–Crippen LogP) is 2.82. The maximum Gasteiger partial charge on any atom is 0.410 e. The molecule has 3 atom stereocenters. The summed E-state index contributed by atoms with van der Waals surface area (Å²) in [4.78, 5) is 13.8.